The summed E-state index contributed by atoms with van der Waals surface area (Å²) in [4.78, 5) is 11.2. The number of alkyl halides is 1. The number of carbonyl (C=O) groups is 1. The van der Waals surface area contributed by atoms with E-state index in [2.05, 4.69) is 0 Å². The highest BCUT2D eigenvalue weighted by Crippen LogP contribution is 2.28. The standard InChI is InChI=1S/C9H13ClO2/c1-7(11)9(2)5-3-4-8(6-10)12-9/h4H,3,5-6H2,1-2H3. The molecule has 0 amide bonds. The van der Waals surface area contributed by atoms with Crippen molar-refractivity contribution in [3.8, 4) is 0 Å². The summed E-state index contributed by atoms with van der Waals surface area (Å²) in [6.45, 7) is 3.37. The Morgan fingerprint density at radius 2 is 2.50 bits per heavy atom. The molecule has 0 aliphatic carbocycles. The lowest BCUT2D eigenvalue weighted by Gasteiger charge is -2.31. The molecule has 12 heavy (non-hydrogen) atoms. The lowest BCUT2D eigenvalue weighted by molar-refractivity contribution is -0.137. The van der Waals surface area contributed by atoms with E-state index < -0.39 is 5.60 Å². The van der Waals surface area contributed by atoms with Crippen LogP contribution in [0.2, 0.25) is 0 Å². The highest BCUT2D eigenvalue weighted by atomic mass is 35.5. The molecule has 0 spiro atoms. The van der Waals surface area contributed by atoms with E-state index in [0.29, 0.717) is 5.88 Å². The smallest absolute Gasteiger partial charge is 0.172 e. The number of carbonyl (C=O) groups excluding carboxylic acids is 1. The van der Waals surface area contributed by atoms with Gasteiger partial charge in [0.25, 0.3) is 0 Å². The van der Waals surface area contributed by atoms with Crippen LogP contribution in [0.5, 0.6) is 0 Å². The third kappa shape index (κ3) is 1.81. The van der Waals surface area contributed by atoms with E-state index >= 15 is 0 Å². The fourth-order valence-electron chi connectivity index (χ4n) is 1.22. The molecule has 1 heterocycles. The zero-order valence-corrected chi connectivity index (χ0v) is 8.15. The molecule has 1 aliphatic heterocycles. The van der Waals surface area contributed by atoms with Gasteiger partial charge in [-0.2, -0.15) is 0 Å². The number of ketones is 1. The van der Waals surface area contributed by atoms with Crippen LogP contribution >= 0.6 is 11.6 Å². The summed E-state index contributed by atoms with van der Waals surface area (Å²) in [5.74, 6) is 1.14. The molecule has 68 valence electrons. The molecule has 1 aliphatic rings. The van der Waals surface area contributed by atoms with Gasteiger partial charge in [-0.3, -0.25) is 4.79 Å². The molecule has 0 bridgehead atoms. The maximum absolute atomic E-state index is 11.2. The predicted molar refractivity (Wildman–Crippen MR) is 48.2 cm³/mol. The maximum Gasteiger partial charge on any atom is 0.172 e. The summed E-state index contributed by atoms with van der Waals surface area (Å²) >= 11 is 5.61. The highest BCUT2D eigenvalue weighted by Gasteiger charge is 2.34. The second-order valence-electron chi connectivity index (χ2n) is 3.23. The summed E-state index contributed by atoms with van der Waals surface area (Å²) in [6.07, 6.45) is 3.57. The second kappa shape index (κ2) is 3.48. The lowest BCUT2D eigenvalue weighted by Crippen LogP contribution is -2.38. The molecule has 0 aromatic rings. The Labute approximate surface area is 77.5 Å². The average molecular weight is 189 g/mol. The minimum Gasteiger partial charge on any atom is -0.483 e. The van der Waals surface area contributed by atoms with Crippen molar-refractivity contribution in [2.24, 2.45) is 0 Å². The molecule has 0 saturated carbocycles. The van der Waals surface area contributed by atoms with Gasteiger partial charge in [-0.25, -0.2) is 0 Å². The second-order valence-corrected chi connectivity index (χ2v) is 3.50. The van der Waals surface area contributed by atoms with Gasteiger partial charge >= 0.3 is 0 Å². The van der Waals surface area contributed by atoms with Crippen LogP contribution in [0, 0.1) is 0 Å². The van der Waals surface area contributed by atoms with E-state index in [9.17, 15) is 4.79 Å². The molecule has 0 N–H and O–H groups in total. The molecule has 1 atom stereocenters. The Bertz CT molecular complexity index is 223. The number of hydrogen-bond donors (Lipinski definition) is 0. The zero-order valence-electron chi connectivity index (χ0n) is 7.39. The van der Waals surface area contributed by atoms with Crippen LogP contribution in [0.1, 0.15) is 26.7 Å². The monoisotopic (exact) mass is 188 g/mol. The minimum atomic E-state index is -0.640. The summed E-state index contributed by atoms with van der Waals surface area (Å²) in [6, 6.07) is 0. The first kappa shape index (κ1) is 9.59. The van der Waals surface area contributed by atoms with Gasteiger partial charge in [-0.1, -0.05) is 0 Å². The van der Waals surface area contributed by atoms with E-state index in [1.165, 1.54) is 0 Å². The first-order chi connectivity index (χ1) is 5.58. The molecule has 3 heteroatoms. The van der Waals surface area contributed by atoms with E-state index in [1.54, 1.807) is 6.92 Å². The van der Waals surface area contributed by atoms with E-state index in [4.69, 9.17) is 16.3 Å². The van der Waals surface area contributed by atoms with E-state index in [1.807, 2.05) is 13.0 Å². The first-order valence-corrected chi connectivity index (χ1v) is 4.57. The van der Waals surface area contributed by atoms with Gasteiger partial charge in [-0.05, 0) is 32.8 Å². The van der Waals surface area contributed by atoms with Gasteiger partial charge in [0.1, 0.15) is 5.76 Å². The fourth-order valence-corrected chi connectivity index (χ4v) is 1.38. The van der Waals surface area contributed by atoms with E-state index in [0.717, 1.165) is 18.6 Å². The Morgan fingerprint density at radius 1 is 1.83 bits per heavy atom. The SMILES string of the molecule is CC(=O)C1(C)CCC=C(CCl)O1. The normalized spacial score (nSPS) is 29.1. The van der Waals surface area contributed by atoms with Crippen LogP contribution in [-0.4, -0.2) is 17.3 Å². The third-order valence-electron chi connectivity index (χ3n) is 2.23. The molecule has 2 nitrogen and oxygen atoms in total. The third-order valence-corrected chi connectivity index (χ3v) is 2.49. The quantitative estimate of drug-likeness (QED) is 0.622. The van der Waals surface area contributed by atoms with Gasteiger partial charge in [0.15, 0.2) is 11.4 Å². The van der Waals surface area contributed by atoms with Crippen LogP contribution < -0.4 is 0 Å². The molecular formula is C9H13ClO2. The van der Waals surface area contributed by atoms with Crippen molar-refractivity contribution in [2.45, 2.75) is 32.3 Å². The molecule has 0 aromatic carbocycles. The molecule has 1 rings (SSSR count). The topological polar surface area (TPSA) is 26.3 Å². The number of rotatable bonds is 2. The Kier molecular flexibility index (Phi) is 2.78. The fraction of sp³-hybridized carbons (Fsp3) is 0.667. The van der Waals surface area contributed by atoms with Gasteiger partial charge in [0, 0.05) is 0 Å². The minimum absolute atomic E-state index is 0.0678. The average Bonchev–Trinajstić information content (AvgIpc) is 2.04. The Morgan fingerprint density at radius 3 is 3.00 bits per heavy atom. The van der Waals surface area contributed by atoms with Crippen LogP contribution in [0.15, 0.2) is 11.8 Å². The summed E-state index contributed by atoms with van der Waals surface area (Å²) in [7, 11) is 0. The predicted octanol–water partition coefficient (Wildman–Crippen LogP) is 2.27. The first-order valence-electron chi connectivity index (χ1n) is 4.03. The van der Waals surface area contributed by atoms with Crippen molar-refractivity contribution in [1.82, 2.24) is 0 Å². The van der Waals surface area contributed by atoms with Crippen molar-refractivity contribution < 1.29 is 9.53 Å². The van der Waals surface area contributed by atoms with Crippen LogP contribution in [0.3, 0.4) is 0 Å². The van der Waals surface area contributed by atoms with Gasteiger partial charge in [0.2, 0.25) is 0 Å². The number of halogens is 1. The molecule has 0 aromatic heterocycles. The highest BCUT2D eigenvalue weighted by molar-refractivity contribution is 6.19. The lowest BCUT2D eigenvalue weighted by atomic mass is 9.93. The van der Waals surface area contributed by atoms with Gasteiger partial charge in [0.05, 0.1) is 5.88 Å². The van der Waals surface area contributed by atoms with Crippen LogP contribution in [-0.2, 0) is 9.53 Å². The van der Waals surface area contributed by atoms with Crippen LogP contribution in [0.4, 0.5) is 0 Å². The number of Topliss-reactive ketones (excluding diaryl/α,β-unsaturated/α-hetero) is 1. The molecule has 1 unspecified atom stereocenters. The van der Waals surface area contributed by atoms with E-state index in [-0.39, 0.29) is 5.78 Å². The largest absolute Gasteiger partial charge is 0.483 e. The van der Waals surface area contributed by atoms with Crippen LogP contribution in [0.25, 0.3) is 0 Å². The molecule has 0 saturated heterocycles. The summed E-state index contributed by atoms with van der Waals surface area (Å²) in [5, 5.41) is 0. The van der Waals surface area contributed by atoms with Crippen molar-refractivity contribution in [1.29, 1.82) is 0 Å². The van der Waals surface area contributed by atoms with Crippen molar-refractivity contribution in [2.75, 3.05) is 5.88 Å². The number of allylic oxidation sites excluding steroid dienone is 2. The van der Waals surface area contributed by atoms with Gasteiger partial charge in [-0.15, -0.1) is 11.6 Å². The summed E-state index contributed by atoms with van der Waals surface area (Å²) in [5.41, 5.74) is -0.640. The number of hydrogen-bond acceptors (Lipinski definition) is 2. The molecular weight excluding hydrogens is 176 g/mol. The zero-order chi connectivity index (χ0) is 9.19. The van der Waals surface area contributed by atoms with Crippen molar-refractivity contribution >= 4 is 17.4 Å². The molecule has 0 radical (unpaired) electrons. The Balaban J connectivity index is 2.73. The summed E-state index contributed by atoms with van der Waals surface area (Å²) < 4.78 is 5.46. The van der Waals surface area contributed by atoms with Crippen molar-refractivity contribution in [3.63, 3.8) is 0 Å². The van der Waals surface area contributed by atoms with Gasteiger partial charge < -0.3 is 4.74 Å². The van der Waals surface area contributed by atoms with Crippen molar-refractivity contribution in [3.05, 3.63) is 11.8 Å². The maximum atomic E-state index is 11.2. The Hall–Kier alpha value is -0.500. The number of ether oxygens (including phenoxy) is 1. The molecule has 0 fully saturated rings.